The van der Waals surface area contributed by atoms with Crippen molar-refractivity contribution < 1.29 is 0 Å². The molecular formula is C15H30N2. The van der Waals surface area contributed by atoms with Gasteiger partial charge in [-0.25, -0.2) is 0 Å². The third-order valence-electron chi connectivity index (χ3n) is 4.83. The lowest BCUT2D eigenvalue weighted by Crippen LogP contribution is -2.43. The number of likely N-dealkylation sites (tertiary alicyclic amines) is 1. The minimum Gasteiger partial charge on any atom is -0.312 e. The molecule has 2 aliphatic rings. The molecule has 0 spiro atoms. The number of hydrogen-bond acceptors (Lipinski definition) is 2. The van der Waals surface area contributed by atoms with Gasteiger partial charge in [0.2, 0.25) is 0 Å². The molecule has 1 aliphatic carbocycles. The maximum absolute atomic E-state index is 3.79. The normalized spacial score (nSPS) is 29.6. The summed E-state index contributed by atoms with van der Waals surface area (Å²) >= 11 is 0. The molecule has 0 aromatic heterocycles. The quantitative estimate of drug-likeness (QED) is 0.792. The van der Waals surface area contributed by atoms with E-state index in [1.807, 2.05) is 0 Å². The standard InChI is InChI=1S/C15H30N2/c1-3-14-9-10-17(12-14)13(2)11-16-15-7-5-4-6-8-15/h13-16H,3-12H2,1-2H3. The molecule has 2 rings (SSSR count). The summed E-state index contributed by atoms with van der Waals surface area (Å²) < 4.78 is 0. The summed E-state index contributed by atoms with van der Waals surface area (Å²) in [7, 11) is 0. The fourth-order valence-electron chi connectivity index (χ4n) is 3.37. The Hall–Kier alpha value is -0.0800. The van der Waals surface area contributed by atoms with E-state index in [2.05, 4.69) is 24.1 Å². The van der Waals surface area contributed by atoms with Crippen LogP contribution in [0, 0.1) is 5.92 Å². The first-order valence-corrected chi connectivity index (χ1v) is 7.77. The van der Waals surface area contributed by atoms with E-state index in [9.17, 15) is 0 Å². The molecule has 1 heterocycles. The summed E-state index contributed by atoms with van der Waals surface area (Å²) in [5.74, 6) is 0.965. The van der Waals surface area contributed by atoms with E-state index in [0.29, 0.717) is 0 Å². The van der Waals surface area contributed by atoms with E-state index in [-0.39, 0.29) is 0 Å². The fraction of sp³-hybridized carbons (Fsp3) is 1.00. The molecule has 0 amide bonds. The van der Waals surface area contributed by atoms with E-state index < -0.39 is 0 Å². The molecule has 1 N–H and O–H groups in total. The Morgan fingerprint density at radius 1 is 1.18 bits per heavy atom. The molecule has 100 valence electrons. The second kappa shape index (κ2) is 6.75. The maximum Gasteiger partial charge on any atom is 0.0192 e. The van der Waals surface area contributed by atoms with Crippen LogP contribution in [0.4, 0.5) is 0 Å². The monoisotopic (exact) mass is 238 g/mol. The molecule has 2 unspecified atom stereocenters. The smallest absolute Gasteiger partial charge is 0.0192 e. The van der Waals surface area contributed by atoms with Crippen LogP contribution in [-0.4, -0.2) is 36.6 Å². The van der Waals surface area contributed by atoms with Crippen molar-refractivity contribution in [2.45, 2.75) is 70.9 Å². The summed E-state index contributed by atoms with van der Waals surface area (Å²) in [4.78, 5) is 2.68. The van der Waals surface area contributed by atoms with E-state index in [1.165, 1.54) is 64.6 Å². The van der Waals surface area contributed by atoms with Gasteiger partial charge < -0.3 is 5.32 Å². The lowest BCUT2D eigenvalue weighted by Gasteiger charge is -2.29. The minimum atomic E-state index is 0.730. The molecule has 2 atom stereocenters. The predicted molar refractivity (Wildman–Crippen MR) is 74.3 cm³/mol. The highest BCUT2D eigenvalue weighted by Gasteiger charge is 2.25. The molecule has 2 heteroatoms. The van der Waals surface area contributed by atoms with Crippen LogP contribution in [0.2, 0.25) is 0 Å². The van der Waals surface area contributed by atoms with Crippen molar-refractivity contribution in [3.63, 3.8) is 0 Å². The number of hydrogen-bond donors (Lipinski definition) is 1. The first-order valence-electron chi connectivity index (χ1n) is 7.77. The van der Waals surface area contributed by atoms with Gasteiger partial charge in [0, 0.05) is 25.2 Å². The van der Waals surface area contributed by atoms with Crippen molar-refractivity contribution in [2.75, 3.05) is 19.6 Å². The van der Waals surface area contributed by atoms with Crippen molar-refractivity contribution in [3.8, 4) is 0 Å². The lowest BCUT2D eigenvalue weighted by atomic mass is 9.95. The number of rotatable bonds is 5. The van der Waals surface area contributed by atoms with E-state index in [0.717, 1.165) is 18.0 Å². The molecule has 0 radical (unpaired) electrons. The van der Waals surface area contributed by atoms with Gasteiger partial charge in [-0.15, -0.1) is 0 Å². The molecule has 0 bridgehead atoms. The summed E-state index contributed by atoms with van der Waals surface area (Å²) in [6, 6.07) is 1.55. The van der Waals surface area contributed by atoms with Gasteiger partial charge in [-0.2, -0.15) is 0 Å². The highest BCUT2D eigenvalue weighted by Crippen LogP contribution is 2.21. The highest BCUT2D eigenvalue weighted by atomic mass is 15.2. The van der Waals surface area contributed by atoms with Gasteiger partial charge in [0.05, 0.1) is 0 Å². The SMILES string of the molecule is CCC1CCN(C(C)CNC2CCCCC2)C1. The lowest BCUT2D eigenvalue weighted by molar-refractivity contribution is 0.229. The Morgan fingerprint density at radius 3 is 2.59 bits per heavy atom. The van der Waals surface area contributed by atoms with Crippen molar-refractivity contribution in [1.82, 2.24) is 10.2 Å². The third kappa shape index (κ3) is 3.96. The minimum absolute atomic E-state index is 0.730. The molecule has 0 aromatic rings. The van der Waals surface area contributed by atoms with Gasteiger partial charge in [0.15, 0.2) is 0 Å². The van der Waals surface area contributed by atoms with Gasteiger partial charge >= 0.3 is 0 Å². The van der Waals surface area contributed by atoms with Crippen LogP contribution in [0.3, 0.4) is 0 Å². The summed E-state index contributed by atoms with van der Waals surface area (Å²) in [6.45, 7) is 8.59. The predicted octanol–water partition coefficient (Wildman–Crippen LogP) is 3.03. The van der Waals surface area contributed by atoms with Crippen molar-refractivity contribution in [1.29, 1.82) is 0 Å². The van der Waals surface area contributed by atoms with Crippen LogP contribution in [0.5, 0.6) is 0 Å². The van der Waals surface area contributed by atoms with Gasteiger partial charge in [-0.3, -0.25) is 4.90 Å². The molecule has 2 nitrogen and oxygen atoms in total. The number of nitrogens with one attached hydrogen (secondary N) is 1. The topological polar surface area (TPSA) is 15.3 Å². The average Bonchev–Trinajstić information content (AvgIpc) is 2.86. The van der Waals surface area contributed by atoms with E-state index in [4.69, 9.17) is 0 Å². The van der Waals surface area contributed by atoms with Crippen molar-refractivity contribution in [2.24, 2.45) is 5.92 Å². The second-order valence-electron chi connectivity index (χ2n) is 6.15. The Morgan fingerprint density at radius 2 is 1.94 bits per heavy atom. The first-order chi connectivity index (χ1) is 8.29. The highest BCUT2D eigenvalue weighted by molar-refractivity contribution is 4.81. The van der Waals surface area contributed by atoms with Gasteiger partial charge in [-0.05, 0) is 38.6 Å². The van der Waals surface area contributed by atoms with Gasteiger partial charge in [0.1, 0.15) is 0 Å². The molecule has 1 saturated heterocycles. The van der Waals surface area contributed by atoms with Crippen LogP contribution in [0.25, 0.3) is 0 Å². The van der Waals surface area contributed by atoms with Crippen LogP contribution >= 0.6 is 0 Å². The number of nitrogens with zero attached hydrogens (tertiary/aromatic N) is 1. The molecular weight excluding hydrogens is 208 g/mol. The Kier molecular flexibility index (Phi) is 5.30. The van der Waals surface area contributed by atoms with Crippen molar-refractivity contribution in [3.05, 3.63) is 0 Å². The zero-order chi connectivity index (χ0) is 12.1. The van der Waals surface area contributed by atoms with Crippen molar-refractivity contribution >= 4 is 0 Å². The molecule has 1 aliphatic heterocycles. The molecule has 2 fully saturated rings. The van der Waals surface area contributed by atoms with Crippen LogP contribution in [0.1, 0.15) is 58.8 Å². The van der Waals surface area contributed by atoms with E-state index >= 15 is 0 Å². The van der Waals surface area contributed by atoms with E-state index in [1.54, 1.807) is 0 Å². The Balaban J connectivity index is 1.64. The fourth-order valence-corrected chi connectivity index (χ4v) is 3.37. The Bertz CT molecular complexity index is 211. The zero-order valence-corrected chi connectivity index (χ0v) is 11.8. The van der Waals surface area contributed by atoms with Gasteiger partial charge in [-0.1, -0.05) is 32.6 Å². The van der Waals surface area contributed by atoms with Crippen LogP contribution in [-0.2, 0) is 0 Å². The second-order valence-corrected chi connectivity index (χ2v) is 6.15. The average molecular weight is 238 g/mol. The summed E-state index contributed by atoms with van der Waals surface area (Å²) in [5.41, 5.74) is 0. The van der Waals surface area contributed by atoms with Crippen LogP contribution in [0.15, 0.2) is 0 Å². The Labute approximate surface area is 107 Å². The maximum atomic E-state index is 3.79. The summed E-state index contributed by atoms with van der Waals surface area (Å²) in [5, 5.41) is 3.79. The zero-order valence-electron chi connectivity index (χ0n) is 11.8. The van der Waals surface area contributed by atoms with Gasteiger partial charge in [0.25, 0.3) is 0 Å². The summed E-state index contributed by atoms with van der Waals surface area (Å²) in [6.07, 6.45) is 9.93. The molecule has 0 aromatic carbocycles. The van der Waals surface area contributed by atoms with Crippen LogP contribution < -0.4 is 5.32 Å². The first kappa shape index (κ1) is 13.4. The third-order valence-corrected chi connectivity index (χ3v) is 4.83. The largest absolute Gasteiger partial charge is 0.312 e. The molecule has 17 heavy (non-hydrogen) atoms. The molecule has 1 saturated carbocycles.